The number of para-hydroxylation sites is 1. The summed E-state index contributed by atoms with van der Waals surface area (Å²) in [5.74, 6) is 1.28. The van der Waals surface area contributed by atoms with Crippen molar-refractivity contribution in [1.82, 2.24) is 0 Å². The van der Waals surface area contributed by atoms with Gasteiger partial charge in [-0.15, -0.1) is 0 Å². The molecule has 0 saturated heterocycles. The van der Waals surface area contributed by atoms with Crippen molar-refractivity contribution in [3.63, 3.8) is 0 Å². The number of methoxy groups -OCH3 is 2. The summed E-state index contributed by atoms with van der Waals surface area (Å²) in [4.78, 5) is 11.7. The van der Waals surface area contributed by atoms with Gasteiger partial charge in [-0.1, -0.05) is 18.2 Å². The molecule has 0 bridgehead atoms. The largest absolute Gasteiger partial charge is 0.497 e. The van der Waals surface area contributed by atoms with E-state index < -0.39 is 5.82 Å². The molecule has 150 valence electrons. The van der Waals surface area contributed by atoms with Crippen molar-refractivity contribution < 1.29 is 23.4 Å². The summed E-state index contributed by atoms with van der Waals surface area (Å²) in [7, 11) is 3.12. The smallest absolute Gasteiger partial charge is 0.221 e. The van der Waals surface area contributed by atoms with Crippen LogP contribution in [0.2, 0.25) is 0 Å². The first-order chi connectivity index (χ1) is 14.0. The maximum atomic E-state index is 14.9. The Morgan fingerprint density at radius 2 is 1.72 bits per heavy atom. The van der Waals surface area contributed by atoms with E-state index in [1.54, 1.807) is 44.6 Å². The summed E-state index contributed by atoms with van der Waals surface area (Å²) < 4.78 is 31.6. The molecule has 3 aromatic carbocycles. The Kier molecular flexibility index (Phi) is 6.34. The first-order valence-electron chi connectivity index (χ1n) is 9.04. The molecule has 5 nitrogen and oxygen atoms in total. The van der Waals surface area contributed by atoms with E-state index in [-0.39, 0.29) is 18.1 Å². The van der Waals surface area contributed by atoms with Crippen molar-refractivity contribution >= 4 is 11.6 Å². The molecule has 6 heteroatoms. The van der Waals surface area contributed by atoms with Crippen molar-refractivity contribution in [3.05, 3.63) is 77.6 Å². The predicted octanol–water partition coefficient (Wildman–Crippen LogP) is 5.18. The van der Waals surface area contributed by atoms with Gasteiger partial charge in [0.15, 0.2) is 5.75 Å². The summed E-state index contributed by atoms with van der Waals surface area (Å²) >= 11 is 0. The fourth-order valence-electron chi connectivity index (χ4n) is 2.99. The Bertz CT molecular complexity index is 1010. The molecule has 0 aliphatic rings. The minimum absolute atomic E-state index is 0.182. The highest BCUT2D eigenvalue weighted by molar-refractivity contribution is 5.91. The van der Waals surface area contributed by atoms with Crippen LogP contribution in [0.4, 0.5) is 10.1 Å². The van der Waals surface area contributed by atoms with Gasteiger partial charge in [0.05, 0.1) is 19.9 Å². The van der Waals surface area contributed by atoms with Crippen molar-refractivity contribution in [1.29, 1.82) is 0 Å². The molecule has 3 rings (SSSR count). The molecule has 0 unspecified atom stereocenters. The molecule has 0 aromatic heterocycles. The van der Waals surface area contributed by atoms with Crippen molar-refractivity contribution in [3.8, 4) is 23.0 Å². The number of carbonyl (C=O) groups excluding carboxylic acids is 1. The van der Waals surface area contributed by atoms with E-state index >= 15 is 0 Å². The van der Waals surface area contributed by atoms with Crippen molar-refractivity contribution in [2.45, 2.75) is 13.3 Å². The Labute approximate surface area is 169 Å². The molecule has 1 N–H and O–H groups in total. The van der Waals surface area contributed by atoms with Crippen LogP contribution in [0.3, 0.4) is 0 Å². The van der Waals surface area contributed by atoms with Gasteiger partial charge in [-0.3, -0.25) is 4.79 Å². The van der Waals surface area contributed by atoms with Gasteiger partial charge in [-0.2, -0.15) is 0 Å². The molecule has 0 saturated carbocycles. The Morgan fingerprint density at radius 1 is 0.966 bits per heavy atom. The number of benzene rings is 3. The summed E-state index contributed by atoms with van der Waals surface area (Å²) in [6, 6.07) is 17.1. The standard InChI is InChI=1S/C23H22FNO4/c1-15(26)25-21-11-10-20(24)19(23(21)29-17-7-5-4-6-8-17)14-16-13-18(27-2)9-12-22(16)28-3/h4-13H,14H2,1-3H3,(H,25,26). The molecule has 29 heavy (non-hydrogen) atoms. The van der Waals surface area contributed by atoms with Crippen LogP contribution in [0.15, 0.2) is 60.7 Å². The van der Waals surface area contributed by atoms with Crippen LogP contribution in [-0.2, 0) is 11.2 Å². The number of nitrogens with one attached hydrogen (secondary N) is 1. The fourth-order valence-corrected chi connectivity index (χ4v) is 2.99. The fraction of sp³-hybridized carbons (Fsp3) is 0.174. The van der Waals surface area contributed by atoms with Gasteiger partial charge in [0, 0.05) is 24.5 Å². The second-order valence-corrected chi connectivity index (χ2v) is 6.35. The van der Waals surface area contributed by atoms with Crippen LogP contribution in [0, 0.1) is 5.82 Å². The number of carbonyl (C=O) groups is 1. The van der Waals surface area contributed by atoms with E-state index in [4.69, 9.17) is 14.2 Å². The number of halogens is 1. The third-order valence-electron chi connectivity index (χ3n) is 4.33. The summed E-state index contributed by atoms with van der Waals surface area (Å²) in [6.45, 7) is 1.39. The maximum Gasteiger partial charge on any atom is 0.221 e. The first-order valence-corrected chi connectivity index (χ1v) is 9.04. The minimum Gasteiger partial charge on any atom is -0.497 e. The number of hydrogen-bond donors (Lipinski definition) is 1. The molecule has 0 fully saturated rings. The molecule has 0 atom stereocenters. The van der Waals surface area contributed by atoms with E-state index in [9.17, 15) is 9.18 Å². The molecular weight excluding hydrogens is 373 g/mol. The average Bonchev–Trinajstić information content (AvgIpc) is 2.73. The second kappa shape index (κ2) is 9.10. The zero-order valence-electron chi connectivity index (χ0n) is 16.5. The molecule has 0 aliphatic heterocycles. The van der Waals surface area contributed by atoms with Crippen molar-refractivity contribution in [2.24, 2.45) is 0 Å². The summed E-state index contributed by atoms with van der Waals surface area (Å²) in [5, 5.41) is 2.71. The van der Waals surface area contributed by atoms with Crippen molar-refractivity contribution in [2.75, 3.05) is 19.5 Å². The average molecular weight is 395 g/mol. The molecule has 0 aliphatic carbocycles. The maximum absolute atomic E-state index is 14.9. The van der Waals surface area contributed by atoms with E-state index in [1.807, 2.05) is 18.2 Å². The number of rotatable bonds is 7. The number of amides is 1. The van der Waals surface area contributed by atoms with Gasteiger partial charge in [0.1, 0.15) is 23.1 Å². The molecule has 0 heterocycles. The predicted molar refractivity (Wildman–Crippen MR) is 110 cm³/mol. The monoisotopic (exact) mass is 395 g/mol. The molecule has 0 radical (unpaired) electrons. The zero-order valence-corrected chi connectivity index (χ0v) is 16.5. The van der Waals surface area contributed by atoms with Crippen LogP contribution in [0.5, 0.6) is 23.0 Å². The van der Waals surface area contributed by atoms with Crippen LogP contribution < -0.4 is 19.5 Å². The summed E-state index contributed by atoms with van der Waals surface area (Å²) in [6.07, 6.45) is 0.182. The van der Waals surface area contributed by atoms with Gasteiger partial charge in [0.25, 0.3) is 0 Å². The van der Waals surface area contributed by atoms with Gasteiger partial charge in [0.2, 0.25) is 5.91 Å². The number of ether oxygens (including phenoxy) is 3. The van der Waals surface area contributed by atoms with E-state index in [1.165, 1.54) is 19.1 Å². The lowest BCUT2D eigenvalue weighted by Gasteiger charge is -2.18. The third kappa shape index (κ3) is 4.85. The van der Waals surface area contributed by atoms with E-state index in [0.29, 0.717) is 28.5 Å². The lowest BCUT2D eigenvalue weighted by molar-refractivity contribution is -0.114. The topological polar surface area (TPSA) is 56.8 Å². The minimum atomic E-state index is -0.449. The van der Waals surface area contributed by atoms with Gasteiger partial charge < -0.3 is 19.5 Å². The lowest BCUT2D eigenvalue weighted by atomic mass is 10.0. The molecule has 1 amide bonds. The number of hydrogen-bond acceptors (Lipinski definition) is 4. The third-order valence-corrected chi connectivity index (χ3v) is 4.33. The second-order valence-electron chi connectivity index (χ2n) is 6.35. The van der Waals surface area contributed by atoms with Gasteiger partial charge >= 0.3 is 0 Å². The van der Waals surface area contributed by atoms with Crippen LogP contribution in [-0.4, -0.2) is 20.1 Å². The first kappa shape index (κ1) is 20.2. The zero-order chi connectivity index (χ0) is 20.8. The highest BCUT2D eigenvalue weighted by Crippen LogP contribution is 2.38. The molecule has 3 aromatic rings. The van der Waals surface area contributed by atoms with Crippen LogP contribution in [0.1, 0.15) is 18.1 Å². The molecule has 0 spiro atoms. The van der Waals surface area contributed by atoms with Crippen LogP contribution in [0.25, 0.3) is 0 Å². The highest BCUT2D eigenvalue weighted by atomic mass is 19.1. The van der Waals surface area contributed by atoms with Gasteiger partial charge in [-0.05, 0) is 42.5 Å². The van der Waals surface area contributed by atoms with Crippen LogP contribution >= 0.6 is 0 Å². The normalized spacial score (nSPS) is 10.3. The number of anilines is 1. The lowest BCUT2D eigenvalue weighted by Crippen LogP contribution is -2.09. The Balaban J connectivity index is 2.11. The quantitative estimate of drug-likeness (QED) is 0.599. The summed E-state index contributed by atoms with van der Waals surface area (Å²) in [5.41, 5.74) is 1.41. The van der Waals surface area contributed by atoms with E-state index in [0.717, 1.165) is 5.56 Å². The Morgan fingerprint density at radius 3 is 2.38 bits per heavy atom. The highest BCUT2D eigenvalue weighted by Gasteiger charge is 2.19. The Hall–Kier alpha value is -3.54. The molecular formula is C23H22FNO4. The SMILES string of the molecule is COc1ccc(OC)c(Cc2c(F)ccc(NC(C)=O)c2Oc2ccccc2)c1. The van der Waals surface area contributed by atoms with E-state index in [2.05, 4.69) is 5.32 Å². The van der Waals surface area contributed by atoms with Gasteiger partial charge in [-0.25, -0.2) is 4.39 Å².